The van der Waals surface area contributed by atoms with Gasteiger partial charge in [-0.05, 0) is 36.2 Å². The second kappa shape index (κ2) is 9.14. The highest BCUT2D eigenvalue weighted by Crippen LogP contribution is 2.13. The predicted molar refractivity (Wildman–Crippen MR) is 105 cm³/mol. The summed E-state index contributed by atoms with van der Waals surface area (Å²) < 4.78 is 13.7. The maximum absolute atomic E-state index is 13.7. The molecule has 4 nitrogen and oxygen atoms in total. The molecule has 0 saturated heterocycles. The number of pyridine rings is 1. The maximum atomic E-state index is 13.7. The van der Waals surface area contributed by atoms with E-state index >= 15 is 0 Å². The minimum Gasteiger partial charge on any atom is -0.380 e. The molecule has 0 bridgehead atoms. The van der Waals surface area contributed by atoms with Crippen molar-refractivity contribution in [1.29, 1.82) is 0 Å². The zero-order chi connectivity index (χ0) is 19.1. The SMILES string of the molecule is O=C(NCCc1cccc(Cl)c1)c1cncc(NCc2ccccc2F)c1. The Morgan fingerprint density at radius 1 is 1.07 bits per heavy atom. The molecule has 0 saturated carbocycles. The highest BCUT2D eigenvalue weighted by Gasteiger charge is 2.07. The predicted octanol–water partition coefficient (Wildman–Crippen LogP) is 4.46. The van der Waals surface area contributed by atoms with Crippen molar-refractivity contribution in [2.75, 3.05) is 11.9 Å². The largest absolute Gasteiger partial charge is 0.380 e. The summed E-state index contributed by atoms with van der Waals surface area (Å²) in [5.41, 5.74) is 2.70. The Morgan fingerprint density at radius 2 is 1.93 bits per heavy atom. The fourth-order valence-corrected chi connectivity index (χ4v) is 2.83. The molecule has 1 heterocycles. The summed E-state index contributed by atoms with van der Waals surface area (Å²) in [7, 11) is 0. The summed E-state index contributed by atoms with van der Waals surface area (Å²) in [5.74, 6) is -0.480. The number of hydrogen-bond donors (Lipinski definition) is 2. The molecule has 27 heavy (non-hydrogen) atoms. The number of amides is 1. The molecule has 0 unspecified atom stereocenters. The minimum absolute atomic E-state index is 0.209. The smallest absolute Gasteiger partial charge is 0.252 e. The lowest BCUT2D eigenvalue weighted by Crippen LogP contribution is -2.25. The first-order chi connectivity index (χ1) is 13.1. The van der Waals surface area contributed by atoms with Crippen molar-refractivity contribution < 1.29 is 9.18 Å². The Hall–Kier alpha value is -2.92. The summed E-state index contributed by atoms with van der Waals surface area (Å²) in [4.78, 5) is 16.4. The molecule has 1 amide bonds. The van der Waals surface area contributed by atoms with E-state index in [4.69, 9.17) is 11.6 Å². The van der Waals surface area contributed by atoms with Gasteiger partial charge in [0.1, 0.15) is 5.82 Å². The minimum atomic E-state index is -0.270. The van der Waals surface area contributed by atoms with Crippen molar-refractivity contribution in [2.24, 2.45) is 0 Å². The maximum Gasteiger partial charge on any atom is 0.252 e. The van der Waals surface area contributed by atoms with Gasteiger partial charge in [0.05, 0.1) is 11.3 Å². The van der Waals surface area contributed by atoms with Crippen molar-refractivity contribution in [1.82, 2.24) is 10.3 Å². The number of halogens is 2. The monoisotopic (exact) mass is 383 g/mol. The highest BCUT2D eigenvalue weighted by molar-refractivity contribution is 6.30. The van der Waals surface area contributed by atoms with Crippen LogP contribution in [-0.2, 0) is 13.0 Å². The number of nitrogens with one attached hydrogen (secondary N) is 2. The van der Waals surface area contributed by atoms with Crippen LogP contribution in [0.3, 0.4) is 0 Å². The second-order valence-electron chi connectivity index (χ2n) is 6.04. The van der Waals surface area contributed by atoms with Crippen LogP contribution < -0.4 is 10.6 Å². The number of rotatable bonds is 7. The molecule has 1 aromatic heterocycles. The van der Waals surface area contributed by atoms with Crippen LogP contribution in [0.25, 0.3) is 0 Å². The van der Waals surface area contributed by atoms with Gasteiger partial charge in [0, 0.05) is 36.1 Å². The third-order valence-electron chi connectivity index (χ3n) is 4.03. The molecule has 2 N–H and O–H groups in total. The zero-order valence-corrected chi connectivity index (χ0v) is 15.3. The Balaban J connectivity index is 1.54. The van der Waals surface area contributed by atoms with E-state index in [2.05, 4.69) is 15.6 Å². The van der Waals surface area contributed by atoms with Crippen LogP contribution in [0.2, 0.25) is 5.02 Å². The third kappa shape index (κ3) is 5.53. The zero-order valence-electron chi connectivity index (χ0n) is 14.6. The summed E-state index contributed by atoms with van der Waals surface area (Å²) in [6, 6.07) is 15.8. The Morgan fingerprint density at radius 3 is 2.74 bits per heavy atom. The van der Waals surface area contributed by atoms with E-state index in [9.17, 15) is 9.18 Å². The third-order valence-corrected chi connectivity index (χ3v) is 4.26. The van der Waals surface area contributed by atoms with E-state index in [-0.39, 0.29) is 11.7 Å². The molecule has 0 aliphatic rings. The van der Waals surface area contributed by atoms with Gasteiger partial charge in [-0.2, -0.15) is 0 Å². The standard InChI is InChI=1S/C21H19ClFN3O/c22-18-6-3-4-15(10-18)8-9-25-21(27)17-11-19(14-24-12-17)26-13-16-5-1-2-7-20(16)23/h1-7,10-12,14,26H,8-9,13H2,(H,25,27). The molecule has 0 fully saturated rings. The van der Waals surface area contributed by atoms with Gasteiger partial charge >= 0.3 is 0 Å². The summed E-state index contributed by atoms with van der Waals surface area (Å²) in [5, 5.41) is 6.63. The number of carbonyl (C=O) groups is 1. The number of benzene rings is 2. The summed E-state index contributed by atoms with van der Waals surface area (Å²) >= 11 is 5.96. The Kier molecular flexibility index (Phi) is 6.39. The average Bonchev–Trinajstić information content (AvgIpc) is 2.67. The summed E-state index contributed by atoms with van der Waals surface area (Å²) in [6.45, 7) is 0.806. The molecule has 138 valence electrons. The average molecular weight is 384 g/mol. The van der Waals surface area contributed by atoms with Crippen LogP contribution in [0.4, 0.5) is 10.1 Å². The van der Waals surface area contributed by atoms with Crippen LogP contribution in [0.5, 0.6) is 0 Å². The van der Waals surface area contributed by atoms with Gasteiger partial charge in [0.2, 0.25) is 0 Å². The first kappa shape index (κ1) is 18.9. The van der Waals surface area contributed by atoms with Crippen molar-refractivity contribution >= 4 is 23.2 Å². The molecule has 0 spiro atoms. The Bertz CT molecular complexity index is 933. The van der Waals surface area contributed by atoms with E-state index in [1.165, 1.54) is 12.3 Å². The van der Waals surface area contributed by atoms with Gasteiger partial charge in [-0.1, -0.05) is 41.9 Å². The molecule has 2 aromatic carbocycles. The van der Waals surface area contributed by atoms with Crippen LogP contribution in [0.1, 0.15) is 21.5 Å². The van der Waals surface area contributed by atoms with Crippen LogP contribution in [0.15, 0.2) is 67.0 Å². The quantitative estimate of drug-likeness (QED) is 0.633. The fraction of sp³-hybridized carbons (Fsp3) is 0.143. The molecule has 0 radical (unpaired) electrons. The van der Waals surface area contributed by atoms with Crippen molar-refractivity contribution in [3.8, 4) is 0 Å². The van der Waals surface area contributed by atoms with E-state index < -0.39 is 0 Å². The van der Waals surface area contributed by atoms with Gasteiger partial charge in [-0.15, -0.1) is 0 Å². The van der Waals surface area contributed by atoms with Gasteiger partial charge in [-0.3, -0.25) is 9.78 Å². The van der Waals surface area contributed by atoms with Crippen LogP contribution >= 0.6 is 11.6 Å². The lowest BCUT2D eigenvalue weighted by molar-refractivity contribution is 0.0954. The molecule has 6 heteroatoms. The van der Waals surface area contributed by atoms with E-state index in [1.807, 2.05) is 24.3 Å². The van der Waals surface area contributed by atoms with Crippen molar-refractivity contribution in [3.63, 3.8) is 0 Å². The normalized spacial score (nSPS) is 10.4. The van der Waals surface area contributed by atoms with E-state index in [0.717, 1.165) is 5.56 Å². The van der Waals surface area contributed by atoms with Gasteiger partial charge in [-0.25, -0.2) is 4.39 Å². The second-order valence-corrected chi connectivity index (χ2v) is 6.48. The summed E-state index contributed by atoms with van der Waals surface area (Å²) in [6.07, 6.45) is 3.79. The number of carbonyl (C=O) groups excluding carboxylic acids is 1. The van der Waals surface area contributed by atoms with Crippen molar-refractivity contribution in [2.45, 2.75) is 13.0 Å². The topological polar surface area (TPSA) is 54.0 Å². The number of anilines is 1. The first-order valence-corrected chi connectivity index (χ1v) is 8.94. The molecule has 0 aliphatic carbocycles. The fourth-order valence-electron chi connectivity index (χ4n) is 2.61. The number of hydrogen-bond acceptors (Lipinski definition) is 3. The lowest BCUT2D eigenvalue weighted by atomic mass is 10.1. The van der Waals surface area contributed by atoms with Crippen molar-refractivity contribution in [3.05, 3.63) is 94.5 Å². The highest BCUT2D eigenvalue weighted by atomic mass is 35.5. The van der Waals surface area contributed by atoms with E-state index in [1.54, 1.807) is 30.5 Å². The number of nitrogens with zero attached hydrogens (tertiary/aromatic N) is 1. The van der Waals surface area contributed by atoms with E-state index in [0.29, 0.717) is 41.3 Å². The van der Waals surface area contributed by atoms with Gasteiger partial charge < -0.3 is 10.6 Å². The van der Waals surface area contributed by atoms with Crippen LogP contribution in [-0.4, -0.2) is 17.4 Å². The Labute approximate surface area is 162 Å². The first-order valence-electron chi connectivity index (χ1n) is 8.57. The molecular weight excluding hydrogens is 365 g/mol. The van der Waals surface area contributed by atoms with Gasteiger partial charge in [0.25, 0.3) is 5.91 Å². The molecule has 3 rings (SSSR count). The molecule has 3 aromatic rings. The van der Waals surface area contributed by atoms with Gasteiger partial charge in [0.15, 0.2) is 0 Å². The molecular formula is C21H19ClFN3O. The lowest BCUT2D eigenvalue weighted by Gasteiger charge is -2.09. The van der Waals surface area contributed by atoms with Crippen LogP contribution in [0, 0.1) is 5.82 Å². The number of aromatic nitrogens is 1. The molecule has 0 atom stereocenters. The molecule has 0 aliphatic heterocycles.